The number of hydrogen-bond acceptors (Lipinski definition) is 2. The monoisotopic (exact) mass is 212 g/mol. The number of nitrogens with one attached hydrogen (secondary N) is 1. The van der Waals surface area contributed by atoms with Gasteiger partial charge in [0.25, 0.3) is 0 Å². The van der Waals surface area contributed by atoms with Crippen molar-refractivity contribution < 1.29 is 0 Å². The van der Waals surface area contributed by atoms with Crippen LogP contribution in [0.2, 0.25) is 0 Å². The molecule has 2 heteroatoms. The van der Waals surface area contributed by atoms with Crippen LogP contribution >= 0.6 is 0 Å². The van der Waals surface area contributed by atoms with Crippen molar-refractivity contribution in [2.45, 2.75) is 52.1 Å². The van der Waals surface area contributed by atoms with Crippen LogP contribution in [0.1, 0.15) is 40.5 Å². The Labute approximate surface area is 95.7 Å². The van der Waals surface area contributed by atoms with E-state index in [2.05, 4.69) is 58.6 Å². The molecule has 15 heavy (non-hydrogen) atoms. The topological polar surface area (TPSA) is 15.3 Å². The van der Waals surface area contributed by atoms with Gasteiger partial charge in [0.15, 0.2) is 0 Å². The van der Waals surface area contributed by atoms with Gasteiger partial charge in [0.05, 0.1) is 0 Å². The summed E-state index contributed by atoms with van der Waals surface area (Å²) in [5.41, 5.74) is 1.41. The highest BCUT2D eigenvalue weighted by molar-refractivity contribution is 5.01. The quantitative estimate of drug-likeness (QED) is 0.653. The first-order valence-corrected chi connectivity index (χ1v) is 5.87. The Kier molecular flexibility index (Phi) is 6.15. The molecule has 0 fully saturated rings. The van der Waals surface area contributed by atoms with E-state index < -0.39 is 0 Å². The molecule has 1 N–H and O–H groups in total. The number of nitrogens with zero attached hydrogens (tertiary/aromatic N) is 1. The molecule has 1 unspecified atom stereocenters. The fourth-order valence-corrected chi connectivity index (χ4v) is 1.55. The van der Waals surface area contributed by atoms with Gasteiger partial charge in [-0.3, -0.25) is 0 Å². The zero-order valence-corrected chi connectivity index (χ0v) is 11.4. The van der Waals surface area contributed by atoms with Crippen molar-refractivity contribution in [3.8, 4) is 0 Å². The van der Waals surface area contributed by atoms with Crippen LogP contribution < -0.4 is 5.32 Å². The molecule has 0 aromatic carbocycles. The van der Waals surface area contributed by atoms with E-state index in [0.29, 0.717) is 6.04 Å². The molecule has 2 nitrogen and oxygen atoms in total. The van der Waals surface area contributed by atoms with Crippen molar-refractivity contribution >= 4 is 0 Å². The Morgan fingerprint density at radius 1 is 1.40 bits per heavy atom. The summed E-state index contributed by atoms with van der Waals surface area (Å²) in [7, 11) is 4.28. The molecule has 0 bridgehead atoms. The van der Waals surface area contributed by atoms with Gasteiger partial charge < -0.3 is 10.2 Å². The van der Waals surface area contributed by atoms with E-state index in [1.165, 1.54) is 12.0 Å². The molecule has 0 saturated heterocycles. The van der Waals surface area contributed by atoms with E-state index in [1.807, 2.05) is 0 Å². The van der Waals surface area contributed by atoms with E-state index in [9.17, 15) is 0 Å². The fraction of sp³-hybridized carbons (Fsp3) is 0.846. The van der Waals surface area contributed by atoms with Crippen LogP contribution in [0.5, 0.6) is 0 Å². The summed E-state index contributed by atoms with van der Waals surface area (Å²) in [6, 6.07) is 0.477. The van der Waals surface area contributed by atoms with Crippen molar-refractivity contribution in [2.24, 2.45) is 0 Å². The predicted octanol–water partition coefficient (Wildman–Crippen LogP) is 2.66. The highest BCUT2D eigenvalue weighted by Crippen LogP contribution is 2.20. The summed E-state index contributed by atoms with van der Waals surface area (Å²) in [5.74, 6) is 0. The molecule has 0 spiro atoms. The summed E-state index contributed by atoms with van der Waals surface area (Å²) in [4.78, 5) is 2.28. The minimum atomic E-state index is 0.161. The van der Waals surface area contributed by atoms with Crippen LogP contribution in [0, 0.1) is 0 Å². The summed E-state index contributed by atoms with van der Waals surface area (Å²) < 4.78 is 0. The second kappa shape index (κ2) is 6.29. The minimum absolute atomic E-state index is 0.161. The Morgan fingerprint density at radius 3 is 2.27 bits per heavy atom. The van der Waals surface area contributed by atoms with Gasteiger partial charge in [-0.1, -0.05) is 12.5 Å². The fourth-order valence-electron chi connectivity index (χ4n) is 1.55. The molecule has 0 heterocycles. The first kappa shape index (κ1) is 14.7. The summed E-state index contributed by atoms with van der Waals surface area (Å²) >= 11 is 0. The molecule has 0 aliphatic heterocycles. The first-order chi connectivity index (χ1) is 6.82. The molecular weight excluding hydrogens is 184 g/mol. The average molecular weight is 212 g/mol. The second-order valence-electron chi connectivity index (χ2n) is 5.22. The standard InChI is InChI=1S/C13H28N2/c1-8-9-14-12(10-11(2)3)13(4,5)15(6)7/h12,14H,2,8-10H2,1,3-7H3. The van der Waals surface area contributed by atoms with E-state index in [4.69, 9.17) is 0 Å². The van der Waals surface area contributed by atoms with Crippen molar-refractivity contribution in [2.75, 3.05) is 20.6 Å². The van der Waals surface area contributed by atoms with Crippen molar-refractivity contribution in [3.05, 3.63) is 12.2 Å². The van der Waals surface area contributed by atoms with Crippen LogP contribution in [0.4, 0.5) is 0 Å². The molecular formula is C13H28N2. The lowest BCUT2D eigenvalue weighted by Gasteiger charge is -2.41. The van der Waals surface area contributed by atoms with Gasteiger partial charge in [-0.15, -0.1) is 6.58 Å². The van der Waals surface area contributed by atoms with Gasteiger partial charge in [-0.25, -0.2) is 0 Å². The van der Waals surface area contributed by atoms with Crippen LogP contribution in [0.3, 0.4) is 0 Å². The number of rotatable bonds is 7. The van der Waals surface area contributed by atoms with Gasteiger partial charge in [0.1, 0.15) is 0 Å². The lowest BCUT2D eigenvalue weighted by Crippen LogP contribution is -2.55. The SMILES string of the molecule is C=C(C)CC(NCCC)C(C)(C)N(C)C. The molecule has 0 aromatic rings. The van der Waals surface area contributed by atoms with Crippen LogP contribution in [0.25, 0.3) is 0 Å². The maximum atomic E-state index is 4.02. The Bertz CT molecular complexity index is 195. The Morgan fingerprint density at radius 2 is 1.93 bits per heavy atom. The Hall–Kier alpha value is -0.340. The van der Waals surface area contributed by atoms with E-state index in [1.54, 1.807) is 0 Å². The van der Waals surface area contributed by atoms with Gasteiger partial charge in [0.2, 0.25) is 0 Å². The van der Waals surface area contributed by atoms with Crippen LogP contribution in [-0.2, 0) is 0 Å². The molecule has 0 rings (SSSR count). The second-order valence-corrected chi connectivity index (χ2v) is 5.22. The van der Waals surface area contributed by atoms with Gasteiger partial charge in [0, 0.05) is 11.6 Å². The summed E-state index contributed by atoms with van der Waals surface area (Å²) in [6.45, 7) is 14.0. The molecule has 0 radical (unpaired) electrons. The maximum Gasteiger partial charge on any atom is 0.0303 e. The average Bonchev–Trinajstić information content (AvgIpc) is 2.11. The predicted molar refractivity (Wildman–Crippen MR) is 69.3 cm³/mol. The van der Waals surface area contributed by atoms with Gasteiger partial charge in [-0.05, 0) is 54.3 Å². The van der Waals surface area contributed by atoms with Crippen molar-refractivity contribution in [1.82, 2.24) is 10.2 Å². The van der Waals surface area contributed by atoms with Crippen LogP contribution in [-0.4, -0.2) is 37.1 Å². The third kappa shape index (κ3) is 4.80. The molecule has 0 saturated carbocycles. The zero-order valence-electron chi connectivity index (χ0n) is 11.4. The van der Waals surface area contributed by atoms with Crippen molar-refractivity contribution in [1.29, 1.82) is 0 Å². The molecule has 0 aromatic heterocycles. The first-order valence-electron chi connectivity index (χ1n) is 5.87. The maximum absolute atomic E-state index is 4.02. The third-order valence-corrected chi connectivity index (χ3v) is 3.20. The summed E-state index contributed by atoms with van der Waals surface area (Å²) in [6.07, 6.45) is 2.22. The van der Waals surface area contributed by atoms with E-state index >= 15 is 0 Å². The van der Waals surface area contributed by atoms with E-state index in [0.717, 1.165) is 13.0 Å². The normalized spacial score (nSPS) is 14.3. The molecule has 0 aliphatic carbocycles. The van der Waals surface area contributed by atoms with Gasteiger partial charge in [-0.2, -0.15) is 0 Å². The molecule has 0 amide bonds. The zero-order chi connectivity index (χ0) is 12.1. The van der Waals surface area contributed by atoms with Gasteiger partial charge >= 0.3 is 0 Å². The lowest BCUT2D eigenvalue weighted by atomic mass is 9.88. The lowest BCUT2D eigenvalue weighted by molar-refractivity contribution is 0.137. The smallest absolute Gasteiger partial charge is 0.0303 e. The highest BCUT2D eigenvalue weighted by Gasteiger charge is 2.30. The molecule has 0 aliphatic rings. The highest BCUT2D eigenvalue weighted by atomic mass is 15.2. The summed E-state index contributed by atoms with van der Waals surface area (Å²) in [5, 5.41) is 3.62. The molecule has 1 atom stereocenters. The third-order valence-electron chi connectivity index (χ3n) is 3.20. The largest absolute Gasteiger partial charge is 0.312 e. The minimum Gasteiger partial charge on any atom is -0.312 e. The van der Waals surface area contributed by atoms with E-state index in [-0.39, 0.29) is 5.54 Å². The number of hydrogen-bond donors (Lipinski definition) is 1. The molecule has 90 valence electrons. The Balaban J connectivity index is 4.52. The number of likely N-dealkylation sites (N-methyl/N-ethyl adjacent to an activating group) is 1. The van der Waals surface area contributed by atoms with Crippen LogP contribution in [0.15, 0.2) is 12.2 Å². The van der Waals surface area contributed by atoms with Crippen molar-refractivity contribution in [3.63, 3.8) is 0 Å².